The zero-order chi connectivity index (χ0) is 24.8. The summed E-state index contributed by atoms with van der Waals surface area (Å²) in [4.78, 5) is 29.6. The molecule has 3 aromatic rings. The lowest BCUT2D eigenvalue weighted by atomic mass is 9.96. The second-order valence-corrected chi connectivity index (χ2v) is 10.3. The maximum atomic E-state index is 12.7. The van der Waals surface area contributed by atoms with Crippen LogP contribution in [0.2, 0.25) is 5.02 Å². The molecule has 186 valence electrons. The quantitative estimate of drug-likeness (QED) is 0.341. The minimum atomic E-state index is -0.290. The van der Waals surface area contributed by atoms with E-state index in [1.165, 1.54) is 10.9 Å². The molecule has 3 aromatic heterocycles. The van der Waals surface area contributed by atoms with Crippen molar-refractivity contribution >= 4 is 40.4 Å². The summed E-state index contributed by atoms with van der Waals surface area (Å²) in [5.41, 5.74) is 7.33. The van der Waals surface area contributed by atoms with Gasteiger partial charge in [-0.1, -0.05) is 17.7 Å². The van der Waals surface area contributed by atoms with E-state index in [0.717, 1.165) is 43.2 Å². The van der Waals surface area contributed by atoms with Crippen molar-refractivity contribution in [3.8, 4) is 10.7 Å². The molecule has 1 aliphatic heterocycles. The molecule has 35 heavy (non-hydrogen) atoms. The van der Waals surface area contributed by atoms with Crippen LogP contribution in [0.25, 0.3) is 10.7 Å². The summed E-state index contributed by atoms with van der Waals surface area (Å²) >= 11 is 7.88. The number of aliphatic hydroxyl groups is 1. The molecule has 4 heterocycles. The number of hydrogen-bond acceptors (Lipinski definition) is 9. The average Bonchev–Trinajstić information content (AvgIpc) is 3.35. The van der Waals surface area contributed by atoms with Gasteiger partial charge in [-0.25, -0.2) is 9.97 Å². The summed E-state index contributed by atoms with van der Waals surface area (Å²) in [5, 5.41) is 16.4. The largest absolute Gasteiger partial charge is 0.397 e. The van der Waals surface area contributed by atoms with Crippen molar-refractivity contribution < 1.29 is 9.90 Å². The van der Waals surface area contributed by atoms with Gasteiger partial charge in [0.2, 0.25) is 0 Å². The first-order valence-electron chi connectivity index (χ1n) is 11.6. The van der Waals surface area contributed by atoms with Crippen LogP contribution in [0.1, 0.15) is 35.1 Å². The molecular formula is C24H30ClN7O2S. The first-order chi connectivity index (χ1) is 16.9. The summed E-state index contributed by atoms with van der Waals surface area (Å²) < 4.78 is 0. The topological polar surface area (TPSA) is 129 Å². The van der Waals surface area contributed by atoms with Crippen LogP contribution in [-0.4, -0.2) is 63.1 Å². The van der Waals surface area contributed by atoms with Gasteiger partial charge in [-0.3, -0.25) is 14.7 Å². The third-order valence-corrected chi connectivity index (χ3v) is 7.35. The number of halogens is 1. The first kappa shape index (κ1) is 25.3. The van der Waals surface area contributed by atoms with Crippen molar-refractivity contribution in [3.63, 3.8) is 0 Å². The third kappa shape index (κ3) is 6.66. The number of aliphatic hydroxyl groups excluding tert-OH is 1. The van der Waals surface area contributed by atoms with E-state index >= 15 is 0 Å². The molecule has 1 saturated heterocycles. The maximum absolute atomic E-state index is 12.7. The molecule has 0 aliphatic carbocycles. The number of nitrogens with zero attached hydrogens (tertiary/aromatic N) is 4. The number of carbonyl (C=O) groups excluding carboxylic acids is 1. The van der Waals surface area contributed by atoms with Gasteiger partial charge in [0.25, 0.3) is 5.91 Å². The Morgan fingerprint density at radius 1 is 1.34 bits per heavy atom. The average molecular weight is 516 g/mol. The van der Waals surface area contributed by atoms with Crippen LogP contribution in [-0.2, 0) is 6.54 Å². The van der Waals surface area contributed by atoms with Crippen LogP contribution < -0.4 is 16.4 Å². The van der Waals surface area contributed by atoms with Crippen LogP contribution in [0.3, 0.4) is 0 Å². The molecule has 0 radical (unpaired) electrons. The van der Waals surface area contributed by atoms with Gasteiger partial charge in [0.1, 0.15) is 21.5 Å². The zero-order valence-corrected chi connectivity index (χ0v) is 21.1. The van der Waals surface area contributed by atoms with Gasteiger partial charge in [0.05, 0.1) is 18.0 Å². The number of thiazole rings is 1. The van der Waals surface area contributed by atoms with Crippen LogP contribution in [0.5, 0.6) is 0 Å². The van der Waals surface area contributed by atoms with Crippen molar-refractivity contribution in [2.24, 2.45) is 5.92 Å². The maximum Gasteiger partial charge on any atom is 0.270 e. The van der Waals surface area contributed by atoms with E-state index < -0.39 is 0 Å². The van der Waals surface area contributed by atoms with Gasteiger partial charge in [0, 0.05) is 36.4 Å². The molecule has 11 heteroatoms. The molecule has 0 aromatic carbocycles. The number of anilines is 2. The zero-order valence-electron chi connectivity index (χ0n) is 19.6. The molecule has 0 bridgehead atoms. The third-order valence-electron chi connectivity index (χ3n) is 5.95. The molecule has 0 saturated carbocycles. The molecule has 9 nitrogen and oxygen atoms in total. The van der Waals surface area contributed by atoms with E-state index in [9.17, 15) is 9.90 Å². The summed E-state index contributed by atoms with van der Waals surface area (Å²) in [6.07, 6.45) is 5.73. The first-order valence-corrected chi connectivity index (χ1v) is 12.8. The number of likely N-dealkylation sites (tertiary alicyclic amines) is 1. The van der Waals surface area contributed by atoms with Crippen molar-refractivity contribution in [2.45, 2.75) is 32.4 Å². The number of pyridine rings is 2. The Balaban J connectivity index is 1.25. The predicted octanol–water partition coefficient (Wildman–Crippen LogP) is 3.27. The molecule has 1 amide bonds. The molecule has 1 aliphatic rings. The summed E-state index contributed by atoms with van der Waals surface area (Å²) in [7, 11) is 0. The van der Waals surface area contributed by atoms with Crippen LogP contribution in [0.15, 0.2) is 36.7 Å². The Morgan fingerprint density at radius 2 is 2.14 bits per heavy atom. The highest BCUT2D eigenvalue weighted by atomic mass is 35.5. The number of nitrogen functional groups attached to an aromatic ring is 1. The molecule has 5 N–H and O–H groups in total. The second-order valence-electron chi connectivity index (χ2n) is 8.76. The Hall–Kier alpha value is -2.79. The molecule has 4 rings (SSSR count). The van der Waals surface area contributed by atoms with Crippen molar-refractivity contribution in [3.05, 3.63) is 52.3 Å². The lowest BCUT2D eigenvalue weighted by molar-refractivity contribution is 0.0930. The fraction of sp³-hybridized carbons (Fsp3) is 0.417. The highest BCUT2D eigenvalue weighted by Gasteiger charge is 2.22. The number of amides is 1. The van der Waals surface area contributed by atoms with Crippen LogP contribution in [0.4, 0.5) is 11.5 Å². The molecular weight excluding hydrogens is 486 g/mol. The Labute approximate surface area is 213 Å². The number of nitrogens with one attached hydrogen (secondary N) is 2. The van der Waals surface area contributed by atoms with Crippen molar-refractivity contribution in [1.82, 2.24) is 25.2 Å². The molecule has 1 atom stereocenters. The summed E-state index contributed by atoms with van der Waals surface area (Å²) in [6, 6.07) is 7.06. The molecule has 0 unspecified atom stereocenters. The van der Waals surface area contributed by atoms with Crippen LogP contribution >= 0.6 is 22.9 Å². The highest BCUT2D eigenvalue weighted by molar-refractivity contribution is 7.14. The monoisotopic (exact) mass is 515 g/mol. The van der Waals surface area contributed by atoms with Gasteiger partial charge in [-0.05, 0) is 57.0 Å². The minimum absolute atomic E-state index is 0.0958. The van der Waals surface area contributed by atoms with Gasteiger partial charge < -0.3 is 21.5 Å². The second kappa shape index (κ2) is 11.8. The van der Waals surface area contributed by atoms with Gasteiger partial charge in [-0.2, -0.15) is 0 Å². The van der Waals surface area contributed by atoms with Gasteiger partial charge in [-0.15, -0.1) is 11.3 Å². The number of rotatable bonds is 9. The fourth-order valence-electron chi connectivity index (χ4n) is 3.93. The molecule has 0 spiro atoms. The minimum Gasteiger partial charge on any atom is -0.397 e. The van der Waals surface area contributed by atoms with Gasteiger partial charge in [0.15, 0.2) is 0 Å². The Kier molecular flexibility index (Phi) is 8.50. The highest BCUT2D eigenvalue weighted by Crippen LogP contribution is 2.28. The van der Waals surface area contributed by atoms with E-state index in [1.807, 2.05) is 24.4 Å². The van der Waals surface area contributed by atoms with E-state index in [4.69, 9.17) is 17.3 Å². The number of piperidine rings is 1. The number of hydrogen-bond donors (Lipinski definition) is 4. The van der Waals surface area contributed by atoms with Crippen LogP contribution in [0, 0.1) is 5.92 Å². The van der Waals surface area contributed by atoms with E-state index in [2.05, 4.69) is 30.5 Å². The van der Waals surface area contributed by atoms with Crippen molar-refractivity contribution in [1.29, 1.82) is 0 Å². The predicted molar refractivity (Wildman–Crippen MR) is 140 cm³/mol. The van der Waals surface area contributed by atoms with Gasteiger partial charge >= 0.3 is 0 Å². The molecule has 1 fully saturated rings. The lowest BCUT2D eigenvalue weighted by Crippen LogP contribution is -2.38. The van der Waals surface area contributed by atoms with E-state index in [1.54, 1.807) is 24.5 Å². The Morgan fingerprint density at radius 3 is 2.86 bits per heavy atom. The Bertz CT molecular complexity index is 1140. The SMILES string of the molecule is C[C@H](CO)Nc1nc(C(=O)NCC2CCN(Cc3cnc(-c4ccccn4)s3)CC2)cc(N)c1Cl. The van der Waals surface area contributed by atoms with E-state index in [-0.39, 0.29) is 35.0 Å². The number of aromatic nitrogens is 3. The normalized spacial score (nSPS) is 15.6. The summed E-state index contributed by atoms with van der Waals surface area (Å²) in [6.45, 7) is 5.08. The smallest absolute Gasteiger partial charge is 0.270 e. The summed E-state index contributed by atoms with van der Waals surface area (Å²) in [5.74, 6) is 0.403. The standard InChI is InChI=1S/C24H30ClN7O2S/c1-15(14-33)30-22-21(25)18(26)10-20(31-22)23(34)28-11-16-5-8-32(9-6-16)13-17-12-29-24(35-17)19-4-2-3-7-27-19/h2-4,7,10,12,15-16,33H,5-6,8-9,11,13-14H2,1H3,(H,28,34)(H3,26,30,31)/t15-/m1/s1. The fourth-order valence-corrected chi connectivity index (χ4v) is 5.01. The lowest BCUT2D eigenvalue weighted by Gasteiger charge is -2.31. The van der Waals surface area contributed by atoms with Crippen molar-refractivity contribution in [2.75, 3.05) is 37.3 Å². The number of nitrogens with two attached hydrogens (primary N) is 1. The number of carbonyl (C=O) groups is 1. The van der Waals surface area contributed by atoms with E-state index in [0.29, 0.717) is 18.3 Å².